The fraction of sp³-hybridized carbons (Fsp3) is 0.467. The predicted octanol–water partition coefficient (Wildman–Crippen LogP) is 0.761. The lowest BCUT2D eigenvalue weighted by Crippen LogP contribution is -2.40. The molecule has 110 valence electrons. The normalized spacial score (nSPS) is 10.3. The van der Waals surface area contributed by atoms with E-state index >= 15 is 0 Å². The highest BCUT2D eigenvalue weighted by atomic mass is 16.2. The van der Waals surface area contributed by atoms with E-state index in [0.717, 1.165) is 13.1 Å². The van der Waals surface area contributed by atoms with E-state index in [4.69, 9.17) is 0 Å². The lowest BCUT2D eigenvalue weighted by atomic mass is 10.2. The second-order valence-corrected chi connectivity index (χ2v) is 4.62. The van der Waals surface area contributed by atoms with Crippen molar-refractivity contribution in [3.63, 3.8) is 0 Å². The topological polar surface area (TPSA) is 61.4 Å². The van der Waals surface area contributed by atoms with Crippen LogP contribution in [0, 0.1) is 0 Å². The maximum Gasteiger partial charge on any atom is 0.234 e. The molecule has 0 aliphatic rings. The Kier molecular flexibility index (Phi) is 7.35. The van der Waals surface area contributed by atoms with Crippen molar-refractivity contribution in [3.05, 3.63) is 35.9 Å². The first-order chi connectivity index (χ1) is 9.61. The number of carbonyl (C=O) groups is 2. The third kappa shape index (κ3) is 6.89. The van der Waals surface area contributed by atoms with E-state index in [1.165, 1.54) is 12.5 Å². The Hall–Kier alpha value is -1.88. The van der Waals surface area contributed by atoms with Crippen LogP contribution in [0.5, 0.6) is 0 Å². The van der Waals surface area contributed by atoms with Gasteiger partial charge in [0.1, 0.15) is 0 Å². The van der Waals surface area contributed by atoms with E-state index in [-0.39, 0.29) is 11.8 Å². The maximum absolute atomic E-state index is 11.8. The summed E-state index contributed by atoms with van der Waals surface area (Å²) in [7, 11) is 0. The number of likely N-dealkylation sites (N-methyl/N-ethyl adjacent to an activating group) is 1. The minimum atomic E-state index is -0.0847. The number of hydrogen-bond donors (Lipinski definition) is 2. The minimum absolute atomic E-state index is 0.0202. The van der Waals surface area contributed by atoms with Crippen LogP contribution in [-0.2, 0) is 16.1 Å². The van der Waals surface area contributed by atoms with Crippen molar-refractivity contribution in [2.75, 3.05) is 26.2 Å². The summed E-state index contributed by atoms with van der Waals surface area (Å²) in [6.45, 7) is 6.36. The molecule has 5 nitrogen and oxygen atoms in total. The fourth-order valence-electron chi connectivity index (χ4n) is 1.82. The van der Waals surface area contributed by atoms with Crippen LogP contribution in [0.4, 0.5) is 0 Å². The first kappa shape index (κ1) is 16.2. The number of hydrogen-bond acceptors (Lipinski definition) is 3. The van der Waals surface area contributed by atoms with Crippen molar-refractivity contribution in [1.82, 2.24) is 15.5 Å². The van der Waals surface area contributed by atoms with Gasteiger partial charge in [0.25, 0.3) is 0 Å². The van der Waals surface area contributed by atoms with Gasteiger partial charge in [-0.15, -0.1) is 0 Å². The second kappa shape index (κ2) is 9.09. The standard InChI is InChI=1S/C15H23N3O2/c1-3-18(11-14-7-5-4-6-8-14)12-15(20)17-10-9-16-13(2)19/h4-8H,3,9-12H2,1-2H3,(H,16,19)(H,17,20). The third-order valence-corrected chi connectivity index (χ3v) is 2.88. The Morgan fingerprint density at radius 3 is 2.35 bits per heavy atom. The highest BCUT2D eigenvalue weighted by Crippen LogP contribution is 2.03. The zero-order valence-electron chi connectivity index (χ0n) is 12.2. The molecule has 5 heteroatoms. The molecule has 0 aromatic heterocycles. The first-order valence-corrected chi connectivity index (χ1v) is 6.89. The van der Waals surface area contributed by atoms with Crippen LogP contribution in [0.15, 0.2) is 30.3 Å². The minimum Gasteiger partial charge on any atom is -0.355 e. The zero-order valence-corrected chi connectivity index (χ0v) is 12.2. The van der Waals surface area contributed by atoms with Crippen molar-refractivity contribution in [2.24, 2.45) is 0 Å². The molecule has 0 radical (unpaired) electrons. The molecule has 0 atom stereocenters. The predicted molar refractivity (Wildman–Crippen MR) is 79.1 cm³/mol. The molecule has 0 saturated heterocycles. The molecule has 1 aromatic carbocycles. The lowest BCUT2D eigenvalue weighted by Gasteiger charge is -2.20. The molecular formula is C15H23N3O2. The molecule has 0 aliphatic heterocycles. The summed E-state index contributed by atoms with van der Waals surface area (Å²) in [6, 6.07) is 10.1. The first-order valence-electron chi connectivity index (χ1n) is 6.89. The van der Waals surface area contributed by atoms with Crippen LogP contribution in [0.25, 0.3) is 0 Å². The molecule has 0 unspecified atom stereocenters. The molecule has 0 fully saturated rings. The average molecular weight is 277 g/mol. The van der Waals surface area contributed by atoms with Gasteiger partial charge in [-0.2, -0.15) is 0 Å². The quantitative estimate of drug-likeness (QED) is 0.690. The Morgan fingerprint density at radius 2 is 1.75 bits per heavy atom. The van der Waals surface area contributed by atoms with Gasteiger partial charge >= 0.3 is 0 Å². The SMILES string of the molecule is CCN(CC(=O)NCCNC(C)=O)Cc1ccccc1. The third-order valence-electron chi connectivity index (χ3n) is 2.88. The van der Waals surface area contributed by atoms with Crippen LogP contribution in [0.3, 0.4) is 0 Å². The average Bonchev–Trinajstić information content (AvgIpc) is 2.44. The summed E-state index contributed by atoms with van der Waals surface area (Å²) in [4.78, 5) is 24.5. The summed E-state index contributed by atoms with van der Waals surface area (Å²) in [5, 5.41) is 5.43. The lowest BCUT2D eigenvalue weighted by molar-refractivity contribution is -0.123. The van der Waals surface area contributed by atoms with Gasteiger partial charge in [0, 0.05) is 26.6 Å². The van der Waals surface area contributed by atoms with Gasteiger partial charge in [0.15, 0.2) is 0 Å². The van der Waals surface area contributed by atoms with Crippen molar-refractivity contribution in [2.45, 2.75) is 20.4 Å². The molecule has 20 heavy (non-hydrogen) atoms. The molecular weight excluding hydrogens is 254 g/mol. The molecule has 1 rings (SSSR count). The molecule has 2 N–H and O–H groups in total. The Labute approximate surface area is 120 Å². The van der Waals surface area contributed by atoms with E-state index in [9.17, 15) is 9.59 Å². The monoisotopic (exact) mass is 277 g/mol. The van der Waals surface area contributed by atoms with Crippen molar-refractivity contribution in [3.8, 4) is 0 Å². The highest BCUT2D eigenvalue weighted by molar-refractivity contribution is 5.78. The van der Waals surface area contributed by atoms with Crippen molar-refractivity contribution in [1.29, 1.82) is 0 Å². The number of carbonyl (C=O) groups excluding carboxylic acids is 2. The van der Waals surface area contributed by atoms with Crippen LogP contribution in [-0.4, -0.2) is 42.9 Å². The zero-order chi connectivity index (χ0) is 14.8. The second-order valence-electron chi connectivity index (χ2n) is 4.62. The van der Waals surface area contributed by atoms with Crippen LogP contribution in [0.1, 0.15) is 19.4 Å². The van der Waals surface area contributed by atoms with E-state index < -0.39 is 0 Å². The summed E-state index contributed by atoms with van der Waals surface area (Å²) >= 11 is 0. The fourth-order valence-corrected chi connectivity index (χ4v) is 1.82. The summed E-state index contributed by atoms with van der Waals surface area (Å²) in [6.07, 6.45) is 0. The summed E-state index contributed by atoms with van der Waals surface area (Å²) in [5.74, 6) is -0.105. The van der Waals surface area contributed by atoms with Crippen LogP contribution in [0.2, 0.25) is 0 Å². The van der Waals surface area contributed by atoms with Crippen molar-refractivity contribution < 1.29 is 9.59 Å². The van der Waals surface area contributed by atoms with Gasteiger partial charge in [-0.05, 0) is 12.1 Å². The number of nitrogens with one attached hydrogen (secondary N) is 2. The van der Waals surface area contributed by atoms with Gasteiger partial charge in [-0.25, -0.2) is 0 Å². The van der Waals surface area contributed by atoms with Crippen molar-refractivity contribution >= 4 is 11.8 Å². The van der Waals surface area contributed by atoms with Gasteiger partial charge in [-0.3, -0.25) is 14.5 Å². The van der Waals surface area contributed by atoms with E-state index in [0.29, 0.717) is 19.6 Å². The smallest absolute Gasteiger partial charge is 0.234 e. The van der Waals surface area contributed by atoms with E-state index in [1.807, 2.05) is 25.1 Å². The molecule has 0 spiro atoms. The Morgan fingerprint density at radius 1 is 1.10 bits per heavy atom. The number of amides is 2. The largest absolute Gasteiger partial charge is 0.355 e. The highest BCUT2D eigenvalue weighted by Gasteiger charge is 2.09. The van der Waals surface area contributed by atoms with Gasteiger partial charge in [-0.1, -0.05) is 37.3 Å². The van der Waals surface area contributed by atoms with E-state index in [2.05, 4.69) is 27.7 Å². The van der Waals surface area contributed by atoms with Crippen LogP contribution >= 0.6 is 0 Å². The maximum atomic E-state index is 11.8. The number of nitrogens with zero attached hydrogens (tertiary/aromatic N) is 1. The number of benzene rings is 1. The number of rotatable bonds is 8. The van der Waals surface area contributed by atoms with Crippen LogP contribution < -0.4 is 10.6 Å². The summed E-state index contributed by atoms with van der Waals surface area (Å²) < 4.78 is 0. The Bertz CT molecular complexity index is 420. The molecule has 2 amide bonds. The molecule has 0 heterocycles. The van der Waals surface area contributed by atoms with Gasteiger partial charge in [0.05, 0.1) is 6.54 Å². The molecule has 0 bridgehead atoms. The molecule has 0 aliphatic carbocycles. The van der Waals surface area contributed by atoms with Gasteiger partial charge < -0.3 is 10.6 Å². The molecule has 1 aromatic rings. The Balaban J connectivity index is 2.29. The molecule has 0 saturated carbocycles. The van der Waals surface area contributed by atoms with Gasteiger partial charge in [0.2, 0.25) is 11.8 Å². The van der Waals surface area contributed by atoms with E-state index in [1.54, 1.807) is 0 Å². The summed E-state index contributed by atoms with van der Waals surface area (Å²) in [5.41, 5.74) is 1.19.